The van der Waals surface area contributed by atoms with Crippen molar-refractivity contribution < 1.29 is 5.11 Å². The Kier molecular flexibility index (Phi) is 5.71. The van der Waals surface area contributed by atoms with Crippen molar-refractivity contribution in [2.75, 3.05) is 0 Å². The molecule has 2 rings (SSSR count). The topological polar surface area (TPSA) is 32.3 Å². The first-order valence-corrected chi connectivity index (χ1v) is 7.79. The van der Waals surface area contributed by atoms with Crippen LogP contribution in [0.4, 0.5) is 0 Å². The van der Waals surface area contributed by atoms with Crippen molar-refractivity contribution in [2.45, 2.75) is 64.5 Å². The van der Waals surface area contributed by atoms with Crippen molar-refractivity contribution in [3.8, 4) is 5.75 Å². The average Bonchev–Trinajstić information content (AvgIpc) is 2.64. The minimum absolute atomic E-state index is 0.348. The lowest BCUT2D eigenvalue weighted by atomic mass is 9.95. The van der Waals surface area contributed by atoms with Crippen molar-refractivity contribution in [1.29, 1.82) is 0 Å². The van der Waals surface area contributed by atoms with Gasteiger partial charge in [0.25, 0.3) is 0 Å². The molecule has 1 aromatic carbocycles. The highest BCUT2D eigenvalue weighted by Crippen LogP contribution is 2.26. The van der Waals surface area contributed by atoms with Gasteiger partial charge in [0.2, 0.25) is 0 Å². The zero-order chi connectivity index (χ0) is 13.5. The van der Waals surface area contributed by atoms with Gasteiger partial charge in [-0.05, 0) is 42.9 Å². The van der Waals surface area contributed by atoms with Gasteiger partial charge in [0, 0.05) is 12.6 Å². The number of aromatic hydroxyl groups is 1. The van der Waals surface area contributed by atoms with Crippen LogP contribution in [-0.2, 0) is 6.54 Å². The molecule has 2 N–H and O–H groups in total. The molecule has 0 radical (unpaired) electrons. The van der Waals surface area contributed by atoms with E-state index in [-0.39, 0.29) is 0 Å². The number of phenols is 1. The van der Waals surface area contributed by atoms with E-state index in [0.29, 0.717) is 11.8 Å². The standard InChI is InChI=1S/C17H27NO/c1-2-4-14-5-3-6-16(10-7-14)18-13-15-8-11-17(19)12-9-15/h8-9,11-12,14,16,18-19H,2-7,10,13H2,1H3. The molecule has 0 aliphatic heterocycles. The van der Waals surface area contributed by atoms with Crippen LogP contribution in [0, 0.1) is 5.92 Å². The maximum atomic E-state index is 9.27. The van der Waals surface area contributed by atoms with Gasteiger partial charge >= 0.3 is 0 Å². The summed E-state index contributed by atoms with van der Waals surface area (Å²) in [5.74, 6) is 1.31. The molecule has 2 atom stereocenters. The zero-order valence-electron chi connectivity index (χ0n) is 12.1. The molecule has 1 saturated carbocycles. The van der Waals surface area contributed by atoms with E-state index in [0.717, 1.165) is 12.5 Å². The van der Waals surface area contributed by atoms with Crippen molar-refractivity contribution in [3.63, 3.8) is 0 Å². The highest BCUT2D eigenvalue weighted by Gasteiger charge is 2.17. The molecule has 106 valence electrons. The second-order valence-corrected chi connectivity index (χ2v) is 5.91. The molecule has 0 aromatic heterocycles. The van der Waals surface area contributed by atoms with E-state index in [1.807, 2.05) is 12.1 Å². The van der Waals surface area contributed by atoms with Crippen LogP contribution >= 0.6 is 0 Å². The fourth-order valence-corrected chi connectivity index (χ4v) is 3.16. The van der Waals surface area contributed by atoms with Crippen molar-refractivity contribution in [2.24, 2.45) is 5.92 Å². The maximum absolute atomic E-state index is 9.27. The molecule has 0 bridgehead atoms. The van der Waals surface area contributed by atoms with E-state index >= 15 is 0 Å². The van der Waals surface area contributed by atoms with Crippen LogP contribution in [0.15, 0.2) is 24.3 Å². The van der Waals surface area contributed by atoms with Gasteiger partial charge in [-0.15, -0.1) is 0 Å². The third-order valence-electron chi connectivity index (χ3n) is 4.32. The van der Waals surface area contributed by atoms with Gasteiger partial charge in [0.05, 0.1) is 0 Å². The summed E-state index contributed by atoms with van der Waals surface area (Å²) >= 11 is 0. The molecule has 0 amide bonds. The quantitative estimate of drug-likeness (QED) is 0.777. The number of phenolic OH excluding ortho intramolecular Hbond substituents is 1. The lowest BCUT2D eigenvalue weighted by molar-refractivity contribution is 0.409. The summed E-state index contributed by atoms with van der Waals surface area (Å²) in [7, 11) is 0. The van der Waals surface area contributed by atoms with E-state index in [4.69, 9.17) is 0 Å². The van der Waals surface area contributed by atoms with Gasteiger partial charge in [0.15, 0.2) is 0 Å². The Bertz CT molecular complexity index is 360. The number of hydrogen-bond acceptors (Lipinski definition) is 2. The smallest absolute Gasteiger partial charge is 0.115 e. The summed E-state index contributed by atoms with van der Waals surface area (Å²) in [5, 5.41) is 12.9. The minimum Gasteiger partial charge on any atom is -0.508 e. The Balaban J connectivity index is 1.75. The van der Waals surface area contributed by atoms with Crippen LogP contribution in [0.2, 0.25) is 0 Å². The van der Waals surface area contributed by atoms with E-state index in [1.165, 1.54) is 50.5 Å². The van der Waals surface area contributed by atoms with Crippen LogP contribution in [0.3, 0.4) is 0 Å². The van der Waals surface area contributed by atoms with Gasteiger partial charge in [-0.1, -0.05) is 44.7 Å². The first-order valence-electron chi connectivity index (χ1n) is 7.79. The lowest BCUT2D eigenvalue weighted by Crippen LogP contribution is -2.27. The van der Waals surface area contributed by atoms with E-state index in [9.17, 15) is 5.11 Å². The zero-order valence-corrected chi connectivity index (χ0v) is 12.1. The molecular weight excluding hydrogens is 234 g/mol. The number of nitrogens with one attached hydrogen (secondary N) is 1. The molecule has 0 heterocycles. The molecule has 1 fully saturated rings. The molecule has 2 heteroatoms. The molecule has 1 aliphatic rings. The molecule has 1 aromatic rings. The Hall–Kier alpha value is -1.02. The van der Waals surface area contributed by atoms with Crippen LogP contribution in [-0.4, -0.2) is 11.1 Å². The Labute approximate surface area is 117 Å². The van der Waals surface area contributed by atoms with Crippen molar-refractivity contribution >= 4 is 0 Å². The third kappa shape index (κ3) is 4.87. The van der Waals surface area contributed by atoms with Gasteiger partial charge in [-0.25, -0.2) is 0 Å². The Morgan fingerprint density at radius 3 is 2.63 bits per heavy atom. The fourth-order valence-electron chi connectivity index (χ4n) is 3.16. The predicted octanol–water partition coefficient (Wildman–Crippen LogP) is 4.23. The maximum Gasteiger partial charge on any atom is 0.115 e. The highest BCUT2D eigenvalue weighted by atomic mass is 16.3. The monoisotopic (exact) mass is 261 g/mol. The van der Waals surface area contributed by atoms with Crippen molar-refractivity contribution in [1.82, 2.24) is 5.32 Å². The third-order valence-corrected chi connectivity index (χ3v) is 4.32. The summed E-state index contributed by atoms with van der Waals surface area (Å²) < 4.78 is 0. The summed E-state index contributed by atoms with van der Waals surface area (Å²) in [4.78, 5) is 0. The van der Waals surface area contributed by atoms with Gasteiger partial charge in [-0.2, -0.15) is 0 Å². The molecule has 1 aliphatic carbocycles. The van der Waals surface area contributed by atoms with Crippen LogP contribution in [0.1, 0.15) is 57.4 Å². The summed E-state index contributed by atoms with van der Waals surface area (Å²) in [6.07, 6.45) is 9.56. The molecule has 2 unspecified atom stereocenters. The van der Waals surface area contributed by atoms with E-state index in [1.54, 1.807) is 12.1 Å². The van der Waals surface area contributed by atoms with E-state index in [2.05, 4.69) is 12.2 Å². The van der Waals surface area contributed by atoms with Crippen LogP contribution in [0.25, 0.3) is 0 Å². The lowest BCUT2D eigenvalue weighted by Gasteiger charge is -2.17. The molecule has 0 spiro atoms. The summed E-state index contributed by atoms with van der Waals surface area (Å²) in [6, 6.07) is 8.20. The van der Waals surface area contributed by atoms with Gasteiger partial charge < -0.3 is 10.4 Å². The number of benzene rings is 1. The second kappa shape index (κ2) is 7.54. The largest absolute Gasteiger partial charge is 0.508 e. The number of rotatable bonds is 5. The summed E-state index contributed by atoms with van der Waals surface area (Å²) in [5.41, 5.74) is 1.26. The van der Waals surface area contributed by atoms with Gasteiger partial charge in [0.1, 0.15) is 5.75 Å². The van der Waals surface area contributed by atoms with Crippen LogP contribution in [0.5, 0.6) is 5.75 Å². The Morgan fingerprint density at radius 1 is 1.11 bits per heavy atom. The first kappa shape index (κ1) is 14.4. The second-order valence-electron chi connectivity index (χ2n) is 5.91. The van der Waals surface area contributed by atoms with Crippen LogP contribution < -0.4 is 5.32 Å². The first-order chi connectivity index (χ1) is 9.28. The number of hydrogen-bond donors (Lipinski definition) is 2. The predicted molar refractivity (Wildman–Crippen MR) is 80.2 cm³/mol. The Morgan fingerprint density at radius 2 is 1.89 bits per heavy atom. The van der Waals surface area contributed by atoms with E-state index < -0.39 is 0 Å². The average molecular weight is 261 g/mol. The molecule has 2 nitrogen and oxygen atoms in total. The minimum atomic E-state index is 0.348. The summed E-state index contributed by atoms with van der Waals surface area (Å²) in [6.45, 7) is 3.22. The fraction of sp³-hybridized carbons (Fsp3) is 0.647. The molecule has 19 heavy (non-hydrogen) atoms. The molecule has 0 saturated heterocycles. The highest BCUT2D eigenvalue weighted by molar-refractivity contribution is 5.25. The van der Waals surface area contributed by atoms with Gasteiger partial charge in [-0.3, -0.25) is 0 Å². The molecular formula is C17H27NO. The normalized spacial score (nSPS) is 24.1. The van der Waals surface area contributed by atoms with Crippen molar-refractivity contribution in [3.05, 3.63) is 29.8 Å². The SMILES string of the molecule is CCCC1CCCC(NCc2ccc(O)cc2)CC1.